The third kappa shape index (κ3) is 4.78. The van der Waals surface area contributed by atoms with Crippen LogP contribution in [0.2, 0.25) is 0 Å². The normalized spacial score (nSPS) is 34.6. The second-order valence-electron chi connectivity index (χ2n) is 9.53. The lowest BCUT2D eigenvalue weighted by molar-refractivity contribution is -0.00874. The van der Waals surface area contributed by atoms with Crippen molar-refractivity contribution in [2.45, 2.75) is 77.0 Å². The van der Waals surface area contributed by atoms with Crippen molar-refractivity contribution >= 4 is 10.0 Å². The van der Waals surface area contributed by atoms with Gasteiger partial charge in [0.25, 0.3) is 5.56 Å². The Labute approximate surface area is 174 Å². The maximum Gasteiger partial charge on any atom is 0.254 e. The molecule has 2 fully saturated rings. The van der Waals surface area contributed by atoms with Gasteiger partial charge >= 0.3 is 0 Å². The first-order chi connectivity index (χ1) is 13.7. The minimum Gasteiger partial charge on any atom is -0.376 e. The second kappa shape index (κ2) is 8.16. The van der Waals surface area contributed by atoms with Gasteiger partial charge in [0, 0.05) is 17.3 Å². The first-order valence-corrected chi connectivity index (χ1v) is 12.9. The van der Waals surface area contributed by atoms with Gasteiger partial charge in [0.1, 0.15) is 0 Å². The molecule has 0 spiro atoms. The molecule has 4 rings (SSSR count). The smallest absolute Gasteiger partial charge is 0.254 e. The van der Waals surface area contributed by atoms with Crippen molar-refractivity contribution in [3.63, 3.8) is 0 Å². The molecular weight excluding hydrogens is 388 g/mol. The summed E-state index contributed by atoms with van der Waals surface area (Å²) >= 11 is 0. The van der Waals surface area contributed by atoms with E-state index in [9.17, 15) is 13.2 Å². The van der Waals surface area contributed by atoms with Crippen LogP contribution in [0.15, 0.2) is 16.9 Å². The van der Waals surface area contributed by atoms with Gasteiger partial charge in [-0.05, 0) is 75.7 Å². The molecule has 3 aliphatic rings. The number of hydrogen-bond donors (Lipinski definition) is 1. The Kier molecular flexibility index (Phi) is 5.93. The average Bonchev–Trinajstić information content (AvgIpc) is 3.40. The molecule has 4 atom stereocenters. The SMILES string of the molecule is Cc1ccc2n(c1=O)C(COC1CCC([C@@H]3C[C@H]3C)CC1)C(NS(C)(=O)=O)CC2. The van der Waals surface area contributed by atoms with Crippen molar-refractivity contribution in [1.29, 1.82) is 0 Å². The van der Waals surface area contributed by atoms with Crippen LogP contribution in [-0.4, -0.2) is 38.0 Å². The lowest BCUT2D eigenvalue weighted by Gasteiger charge is -2.37. The monoisotopic (exact) mass is 422 g/mol. The molecule has 7 heteroatoms. The van der Waals surface area contributed by atoms with E-state index < -0.39 is 10.0 Å². The predicted octanol–water partition coefficient (Wildman–Crippen LogP) is 2.79. The minimum atomic E-state index is -3.36. The molecule has 2 saturated carbocycles. The molecule has 1 N–H and O–H groups in total. The molecular formula is C22H34N2O4S. The Morgan fingerprint density at radius 1 is 1.17 bits per heavy atom. The van der Waals surface area contributed by atoms with E-state index in [1.165, 1.54) is 25.5 Å². The van der Waals surface area contributed by atoms with E-state index in [-0.39, 0.29) is 23.7 Å². The van der Waals surface area contributed by atoms with Gasteiger partial charge in [0.15, 0.2) is 0 Å². The summed E-state index contributed by atoms with van der Waals surface area (Å²) in [5.74, 6) is 2.67. The van der Waals surface area contributed by atoms with Crippen molar-refractivity contribution in [1.82, 2.24) is 9.29 Å². The summed E-state index contributed by atoms with van der Waals surface area (Å²) < 4.78 is 34.6. The molecule has 6 nitrogen and oxygen atoms in total. The van der Waals surface area contributed by atoms with E-state index in [0.717, 1.165) is 36.3 Å². The van der Waals surface area contributed by atoms with Crippen LogP contribution in [0.3, 0.4) is 0 Å². The molecule has 162 valence electrons. The molecule has 1 aromatic rings. The zero-order chi connectivity index (χ0) is 20.8. The molecule has 2 heterocycles. The van der Waals surface area contributed by atoms with Gasteiger partial charge in [0.05, 0.1) is 25.0 Å². The number of fused-ring (bicyclic) bond motifs is 1. The molecule has 2 unspecified atom stereocenters. The number of nitrogens with zero attached hydrogens (tertiary/aromatic N) is 1. The third-order valence-corrected chi connectivity index (χ3v) is 7.99. The Balaban J connectivity index is 1.47. The Bertz CT molecular complexity index is 902. The van der Waals surface area contributed by atoms with E-state index >= 15 is 0 Å². The highest BCUT2D eigenvalue weighted by atomic mass is 32.2. The van der Waals surface area contributed by atoms with Crippen LogP contribution in [0.25, 0.3) is 0 Å². The number of rotatable bonds is 6. The minimum absolute atomic E-state index is 0.0393. The number of nitrogens with one attached hydrogen (secondary N) is 1. The number of pyridine rings is 1. The first-order valence-electron chi connectivity index (χ1n) is 11.0. The molecule has 0 aromatic carbocycles. The standard InChI is InChI=1S/C22H34N2O4S/c1-14-4-7-17-8-11-20(23-29(3,26)27)21(24(17)22(14)25)13-28-18-9-5-16(6-10-18)19-12-15(19)2/h4,7,15-16,18-21,23H,5-6,8-13H2,1-3H3/t15-,16?,18?,19-,20?,21?/m1/s1. The molecule has 1 aromatic heterocycles. The average molecular weight is 423 g/mol. The molecule has 29 heavy (non-hydrogen) atoms. The first kappa shape index (κ1) is 21.1. The third-order valence-electron chi connectivity index (χ3n) is 7.26. The molecule has 1 aliphatic heterocycles. The van der Waals surface area contributed by atoms with E-state index in [2.05, 4.69) is 11.6 Å². The summed E-state index contributed by atoms with van der Waals surface area (Å²) in [5.41, 5.74) is 1.60. The van der Waals surface area contributed by atoms with Crippen molar-refractivity contribution < 1.29 is 13.2 Å². The summed E-state index contributed by atoms with van der Waals surface area (Å²) in [6.45, 7) is 4.53. The molecule has 0 radical (unpaired) electrons. The molecule has 0 amide bonds. The quantitative estimate of drug-likeness (QED) is 0.765. The van der Waals surface area contributed by atoms with E-state index in [0.29, 0.717) is 25.0 Å². The lowest BCUT2D eigenvalue weighted by Crippen LogP contribution is -2.49. The largest absolute Gasteiger partial charge is 0.376 e. The van der Waals surface area contributed by atoms with Gasteiger partial charge in [-0.1, -0.05) is 13.0 Å². The molecule has 2 aliphatic carbocycles. The van der Waals surface area contributed by atoms with Gasteiger partial charge in [-0.2, -0.15) is 0 Å². The van der Waals surface area contributed by atoms with Crippen molar-refractivity contribution in [3.8, 4) is 0 Å². The number of aromatic nitrogens is 1. The Hall–Kier alpha value is -1.18. The highest BCUT2D eigenvalue weighted by molar-refractivity contribution is 7.88. The Morgan fingerprint density at radius 2 is 1.86 bits per heavy atom. The molecule has 0 bridgehead atoms. The zero-order valence-corrected chi connectivity index (χ0v) is 18.6. The second-order valence-corrected chi connectivity index (χ2v) is 11.3. The van der Waals surface area contributed by atoms with E-state index in [1.807, 2.05) is 12.1 Å². The van der Waals surface area contributed by atoms with Gasteiger partial charge in [-0.3, -0.25) is 4.79 Å². The maximum atomic E-state index is 12.9. The fourth-order valence-electron chi connectivity index (χ4n) is 5.47. The van der Waals surface area contributed by atoms with Crippen molar-refractivity contribution in [3.05, 3.63) is 33.7 Å². The number of hydrogen-bond acceptors (Lipinski definition) is 4. The van der Waals surface area contributed by atoms with Crippen LogP contribution < -0.4 is 10.3 Å². The van der Waals surface area contributed by atoms with Crippen LogP contribution >= 0.6 is 0 Å². The van der Waals surface area contributed by atoms with Crippen LogP contribution in [-0.2, 0) is 21.2 Å². The van der Waals surface area contributed by atoms with Gasteiger partial charge < -0.3 is 9.30 Å². The summed E-state index contributed by atoms with van der Waals surface area (Å²) in [6.07, 6.45) is 8.73. The van der Waals surface area contributed by atoms with E-state index in [4.69, 9.17) is 4.74 Å². The Morgan fingerprint density at radius 3 is 2.48 bits per heavy atom. The molecule has 0 saturated heterocycles. The maximum absolute atomic E-state index is 12.9. The van der Waals surface area contributed by atoms with Gasteiger partial charge in [-0.25, -0.2) is 13.1 Å². The fourth-order valence-corrected chi connectivity index (χ4v) is 6.29. The van der Waals surface area contributed by atoms with Crippen LogP contribution in [0.4, 0.5) is 0 Å². The van der Waals surface area contributed by atoms with Crippen molar-refractivity contribution in [2.24, 2.45) is 17.8 Å². The van der Waals surface area contributed by atoms with Crippen LogP contribution in [0, 0.1) is 24.7 Å². The topological polar surface area (TPSA) is 77.4 Å². The number of aryl methyl sites for hydroxylation is 2. The summed E-state index contributed by atoms with van der Waals surface area (Å²) in [7, 11) is -3.36. The summed E-state index contributed by atoms with van der Waals surface area (Å²) in [5, 5.41) is 0. The summed E-state index contributed by atoms with van der Waals surface area (Å²) in [4.78, 5) is 12.9. The van der Waals surface area contributed by atoms with Crippen molar-refractivity contribution in [2.75, 3.05) is 12.9 Å². The van der Waals surface area contributed by atoms with E-state index in [1.54, 1.807) is 11.5 Å². The highest BCUT2D eigenvalue weighted by Crippen LogP contribution is 2.49. The predicted molar refractivity (Wildman–Crippen MR) is 114 cm³/mol. The lowest BCUT2D eigenvalue weighted by atomic mass is 9.83. The van der Waals surface area contributed by atoms with Crippen LogP contribution in [0.1, 0.15) is 62.7 Å². The van der Waals surface area contributed by atoms with Gasteiger partial charge in [0.2, 0.25) is 10.0 Å². The number of ether oxygens (including phenoxy) is 1. The highest BCUT2D eigenvalue weighted by Gasteiger charge is 2.41. The summed E-state index contributed by atoms with van der Waals surface area (Å²) in [6, 6.07) is 3.22. The van der Waals surface area contributed by atoms with Crippen LogP contribution in [0.5, 0.6) is 0 Å². The fraction of sp³-hybridized carbons (Fsp3) is 0.773. The van der Waals surface area contributed by atoms with Gasteiger partial charge in [-0.15, -0.1) is 0 Å². The zero-order valence-electron chi connectivity index (χ0n) is 17.8. The number of sulfonamides is 1.